The highest BCUT2D eigenvalue weighted by molar-refractivity contribution is 5.91. The number of aromatic nitrogens is 4. The third-order valence-corrected chi connectivity index (χ3v) is 2.13. The first-order valence-electron chi connectivity index (χ1n) is 4.93. The number of carbonyl (C=O) groups is 1. The fourth-order valence-corrected chi connectivity index (χ4v) is 1.32. The predicted octanol–water partition coefficient (Wildman–Crippen LogP) is 0.138. The second kappa shape index (κ2) is 5.06. The Morgan fingerprint density at radius 3 is 3.18 bits per heavy atom. The van der Waals surface area contributed by atoms with E-state index in [1.54, 1.807) is 12.3 Å². The number of hydrogen-bond acceptors (Lipinski definition) is 5. The zero-order chi connectivity index (χ0) is 12.1. The summed E-state index contributed by atoms with van der Waals surface area (Å²) in [6.07, 6.45) is 2.98. The summed E-state index contributed by atoms with van der Waals surface area (Å²) < 4.78 is 5.07. The first kappa shape index (κ1) is 11.1. The van der Waals surface area contributed by atoms with Gasteiger partial charge >= 0.3 is 0 Å². The molecule has 0 saturated heterocycles. The predicted molar refractivity (Wildman–Crippen MR) is 58.3 cm³/mol. The molecule has 2 aromatic heterocycles. The molecule has 0 aliphatic carbocycles. The lowest BCUT2D eigenvalue weighted by molar-refractivity contribution is 0.0945. The van der Waals surface area contributed by atoms with Crippen molar-refractivity contribution in [1.82, 2.24) is 25.7 Å². The second-order valence-corrected chi connectivity index (χ2v) is 3.21. The lowest BCUT2D eigenvalue weighted by Crippen LogP contribution is -2.23. The molecule has 17 heavy (non-hydrogen) atoms. The summed E-state index contributed by atoms with van der Waals surface area (Å²) in [5.74, 6) is 0.192. The molecule has 0 radical (unpaired) electrons. The normalized spacial score (nSPS) is 9.94. The molecule has 7 nitrogen and oxygen atoms in total. The molecule has 0 spiro atoms. The van der Waals surface area contributed by atoms with Gasteiger partial charge in [0.05, 0.1) is 13.3 Å². The minimum Gasteiger partial charge on any atom is -0.481 e. The van der Waals surface area contributed by atoms with Gasteiger partial charge in [-0.3, -0.25) is 4.79 Å². The van der Waals surface area contributed by atoms with E-state index in [1.165, 1.54) is 13.3 Å². The second-order valence-electron chi connectivity index (χ2n) is 3.21. The lowest BCUT2D eigenvalue weighted by atomic mass is 10.2. The summed E-state index contributed by atoms with van der Waals surface area (Å²) in [6.45, 7) is 0.322. The Bertz CT molecular complexity index is 497. The lowest BCUT2D eigenvalue weighted by Gasteiger charge is -2.07. The maximum Gasteiger partial charge on any atom is 0.273 e. The van der Waals surface area contributed by atoms with Gasteiger partial charge in [-0.25, -0.2) is 4.98 Å². The van der Waals surface area contributed by atoms with Crippen molar-refractivity contribution in [2.24, 2.45) is 0 Å². The molecule has 7 heteroatoms. The van der Waals surface area contributed by atoms with E-state index in [0.29, 0.717) is 12.4 Å². The van der Waals surface area contributed by atoms with Crippen LogP contribution in [0.3, 0.4) is 0 Å². The minimum atomic E-state index is -0.301. The number of carbonyl (C=O) groups excluding carboxylic acids is 1. The molecule has 0 aromatic carbocycles. The van der Waals surface area contributed by atoms with Gasteiger partial charge in [-0.15, -0.1) is 0 Å². The maximum atomic E-state index is 11.6. The van der Waals surface area contributed by atoms with Gasteiger partial charge in [0, 0.05) is 18.3 Å². The summed E-state index contributed by atoms with van der Waals surface area (Å²) in [6, 6.07) is 3.61. The molecule has 0 saturated carbocycles. The van der Waals surface area contributed by atoms with E-state index in [4.69, 9.17) is 4.74 Å². The molecule has 0 aliphatic heterocycles. The van der Waals surface area contributed by atoms with Crippen LogP contribution in [0.15, 0.2) is 24.5 Å². The molecule has 0 unspecified atom stereocenters. The maximum absolute atomic E-state index is 11.6. The topological polar surface area (TPSA) is 92.8 Å². The zero-order valence-electron chi connectivity index (χ0n) is 9.17. The number of pyridine rings is 1. The van der Waals surface area contributed by atoms with Crippen LogP contribution in [-0.2, 0) is 6.54 Å². The van der Waals surface area contributed by atoms with Gasteiger partial charge in [-0.2, -0.15) is 15.4 Å². The number of nitrogens with one attached hydrogen (secondary N) is 2. The number of H-pyrrole nitrogens is 1. The Kier molecular flexibility index (Phi) is 3.29. The van der Waals surface area contributed by atoms with Crippen LogP contribution in [-0.4, -0.2) is 33.4 Å². The van der Waals surface area contributed by atoms with Gasteiger partial charge in [-0.1, -0.05) is 6.07 Å². The van der Waals surface area contributed by atoms with Gasteiger partial charge in [-0.05, 0) is 6.07 Å². The van der Waals surface area contributed by atoms with Crippen LogP contribution < -0.4 is 10.1 Å². The van der Waals surface area contributed by atoms with E-state index < -0.39 is 0 Å². The Labute approximate surface area is 97.2 Å². The number of methoxy groups -OCH3 is 1. The molecule has 0 aliphatic rings. The molecule has 88 valence electrons. The standard InChI is InChI=1S/C10H11N5O2/c1-17-10-7(3-2-4-11-10)5-12-9(16)8-6-13-15-14-8/h2-4,6H,5H2,1H3,(H,12,16)(H,13,14,15). The quantitative estimate of drug-likeness (QED) is 0.783. The summed E-state index contributed by atoms with van der Waals surface area (Å²) in [4.78, 5) is 15.6. The summed E-state index contributed by atoms with van der Waals surface area (Å²) in [7, 11) is 1.53. The number of hydrogen-bond donors (Lipinski definition) is 2. The zero-order valence-corrected chi connectivity index (χ0v) is 9.17. The highest BCUT2D eigenvalue weighted by atomic mass is 16.5. The van der Waals surface area contributed by atoms with E-state index in [2.05, 4.69) is 25.7 Å². The molecule has 2 N–H and O–H groups in total. The van der Waals surface area contributed by atoms with Crippen molar-refractivity contribution in [1.29, 1.82) is 0 Å². The fraction of sp³-hybridized carbons (Fsp3) is 0.200. The monoisotopic (exact) mass is 233 g/mol. The number of ether oxygens (including phenoxy) is 1. The summed E-state index contributed by atoms with van der Waals surface area (Å²) in [5.41, 5.74) is 1.04. The summed E-state index contributed by atoms with van der Waals surface area (Å²) >= 11 is 0. The smallest absolute Gasteiger partial charge is 0.273 e. The Balaban J connectivity index is 2.00. The SMILES string of the molecule is COc1ncccc1CNC(=O)c1cn[nH]n1. The van der Waals surface area contributed by atoms with Crippen molar-refractivity contribution in [2.75, 3.05) is 7.11 Å². The van der Waals surface area contributed by atoms with Gasteiger partial charge < -0.3 is 10.1 Å². The third-order valence-electron chi connectivity index (χ3n) is 2.13. The summed E-state index contributed by atoms with van der Waals surface area (Å²) in [5, 5.41) is 12.3. The van der Waals surface area contributed by atoms with E-state index >= 15 is 0 Å². The number of amides is 1. The molecular formula is C10H11N5O2. The molecule has 0 atom stereocenters. The minimum absolute atomic E-state index is 0.243. The van der Waals surface area contributed by atoms with E-state index in [9.17, 15) is 4.79 Å². The van der Waals surface area contributed by atoms with Crippen molar-refractivity contribution in [3.8, 4) is 5.88 Å². The molecule has 2 aromatic rings. The number of nitrogens with zero attached hydrogens (tertiary/aromatic N) is 3. The molecular weight excluding hydrogens is 222 g/mol. The van der Waals surface area contributed by atoms with Crippen LogP contribution in [0.2, 0.25) is 0 Å². The highest BCUT2D eigenvalue weighted by Gasteiger charge is 2.09. The fourth-order valence-electron chi connectivity index (χ4n) is 1.32. The van der Waals surface area contributed by atoms with E-state index in [0.717, 1.165) is 5.56 Å². The van der Waals surface area contributed by atoms with Crippen molar-refractivity contribution >= 4 is 5.91 Å². The largest absolute Gasteiger partial charge is 0.481 e. The molecule has 0 fully saturated rings. The third kappa shape index (κ3) is 2.57. The van der Waals surface area contributed by atoms with Crippen molar-refractivity contribution in [3.05, 3.63) is 35.8 Å². The van der Waals surface area contributed by atoms with Crippen molar-refractivity contribution < 1.29 is 9.53 Å². The van der Waals surface area contributed by atoms with E-state index in [-0.39, 0.29) is 11.6 Å². The molecule has 1 amide bonds. The molecule has 2 heterocycles. The van der Waals surface area contributed by atoms with Crippen LogP contribution >= 0.6 is 0 Å². The van der Waals surface area contributed by atoms with Crippen LogP contribution in [0, 0.1) is 0 Å². The first-order valence-corrected chi connectivity index (χ1v) is 4.93. The Morgan fingerprint density at radius 2 is 2.47 bits per heavy atom. The first-order chi connectivity index (χ1) is 8.31. The van der Waals surface area contributed by atoms with Crippen LogP contribution in [0.5, 0.6) is 5.88 Å². The van der Waals surface area contributed by atoms with Crippen LogP contribution in [0.25, 0.3) is 0 Å². The van der Waals surface area contributed by atoms with Gasteiger partial charge in [0.2, 0.25) is 5.88 Å². The number of rotatable bonds is 4. The van der Waals surface area contributed by atoms with Gasteiger partial charge in [0.15, 0.2) is 5.69 Å². The highest BCUT2D eigenvalue weighted by Crippen LogP contribution is 2.12. The van der Waals surface area contributed by atoms with Crippen LogP contribution in [0.1, 0.15) is 16.1 Å². The van der Waals surface area contributed by atoms with Crippen molar-refractivity contribution in [2.45, 2.75) is 6.54 Å². The van der Waals surface area contributed by atoms with Gasteiger partial charge in [0.1, 0.15) is 0 Å². The average Bonchev–Trinajstić information content (AvgIpc) is 2.90. The number of aromatic amines is 1. The Hall–Kier alpha value is -2.44. The average molecular weight is 233 g/mol. The van der Waals surface area contributed by atoms with Crippen LogP contribution in [0.4, 0.5) is 0 Å². The van der Waals surface area contributed by atoms with E-state index in [1.807, 2.05) is 6.07 Å². The van der Waals surface area contributed by atoms with Gasteiger partial charge in [0.25, 0.3) is 5.91 Å². The molecule has 0 bridgehead atoms. The molecule has 2 rings (SSSR count). The Morgan fingerprint density at radius 1 is 1.59 bits per heavy atom. The van der Waals surface area contributed by atoms with Crippen molar-refractivity contribution in [3.63, 3.8) is 0 Å².